The van der Waals surface area contributed by atoms with Crippen LogP contribution in [0.1, 0.15) is 42.6 Å². The minimum atomic E-state index is -1.10. The van der Waals surface area contributed by atoms with Crippen LogP contribution in [0.4, 0.5) is 5.69 Å². The third-order valence-electron chi connectivity index (χ3n) is 6.27. The number of nitrogens with zero attached hydrogens (tertiary/aromatic N) is 2. The summed E-state index contributed by atoms with van der Waals surface area (Å²) < 4.78 is 4.88. The van der Waals surface area contributed by atoms with Crippen molar-refractivity contribution < 1.29 is 29.1 Å². The molecule has 1 amide bonds. The van der Waals surface area contributed by atoms with Crippen molar-refractivity contribution in [2.45, 2.75) is 32.7 Å². The Morgan fingerprint density at radius 1 is 0.971 bits per heavy atom. The number of anilines is 1. The van der Waals surface area contributed by atoms with E-state index >= 15 is 0 Å². The molecule has 1 saturated heterocycles. The maximum absolute atomic E-state index is 13.2. The summed E-state index contributed by atoms with van der Waals surface area (Å²) in [6, 6.07) is 13.7. The maximum Gasteiger partial charge on any atom is 0.335 e. The monoisotopic (exact) mass is 460 g/mol. The zero-order valence-corrected chi connectivity index (χ0v) is 18.8. The lowest BCUT2D eigenvalue weighted by Crippen LogP contribution is -2.39. The van der Waals surface area contributed by atoms with Crippen molar-refractivity contribution in [2.24, 2.45) is 5.92 Å². The Morgan fingerprint density at radius 3 is 2.12 bits per heavy atom. The van der Waals surface area contributed by atoms with Crippen molar-refractivity contribution in [2.75, 3.05) is 4.90 Å². The average molecular weight is 460 g/mol. The molecule has 3 aromatic rings. The Balaban J connectivity index is 1.80. The first-order valence-corrected chi connectivity index (χ1v) is 11.0. The Labute approximate surface area is 196 Å². The van der Waals surface area contributed by atoms with Crippen LogP contribution in [-0.2, 0) is 9.59 Å². The number of carbonyl (C=O) groups is 3. The lowest BCUT2D eigenvalue weighted by Gasteiger charge is -2.31. The van der Waals surface area contributed by atoms with E-state index in [1.807, 2.05) is 13.8 Å². The predicted octanol–water partition coefficient (Wildman–Crippen LogP) is 4.73. The van der Waals surface area contributed by atoms with E-state index in [-0.39, 0.29) is 28.4 Å². The predicted molar refractivity (Wildman–Crippen MR) is 125 cm³/mol. The molecule has 2 N–H and O–H groups in total. The van der Waals surface area contributed by atoms with E-state index in [1.165, 1.54) is 35.4 Å². The third-order valence-corrected chi connectivity index (χ3v) is 6.27. The van der Waals surface area contributed by atoms with Crippen LogP contribution >= 0.6 is 0 Å². The number of aromatic nitrogens is 1. The number of Topliss-reactive ketones (excluding diaryl/α,β-unsaturated/α-hetero) is 1. The number of carboxylic acids is 1. The molecule has 8 heteroatoms. The smallest absolute Gasteiger partial charge is 0.335 e. The summed E-state index contributed by atoms with van der Waals surface area (Å²) in [5.74, 6) is -2.97. The molecule has 174 valence electrons. The summed E-state index contributed by atoms with van der Waals surface area (Å²) in [4.78, 5) is 38.9. The summed E-state index contributed by atoms with van der Waals surface area (Å²) >= 11 is 0. The summed E-state index contributed by atoms with van der Waals surface area (Å²) in [5, 5.41) is 24.1. The highest BCUT2D eigenvalue weighted by Gasteiger charge is 2.48. The largest absolute Gasteiger partial charge is 0.507 e. The van der Waals surface area contributed by atoms with Crippen molar-refractivity contribution >= 4 is 29.1 Å². The topological polar surface area (TPSA) is 121 Å². The molecule has 0 saturated carbocycles. The van der Waals surface area contributed by atoms with Gasteiger partial charge >= 0.3 is 5.97 Å². The van der Waals surface area contributed by atoms with E-state index in [4.69, 9.17) is 9.63 Å². The highest BCUT2D eigenvalue weighted by atomic mass is 16.5. The van der Waals surface area contributed by atoms with Crippen molar-refractivity contribution in [3.63, 3.8) is 0 Å². The van der Waals surface area contributed by atoms with Gasteiger partial charge in [-0.1, -0.05) is 56.1 Å². The van der Waals surface area contributed by atoms with Crippen LogP contribution in [0.5, 0.6) is 0 Å². The van der Waals surface area contributed by atoms with Gasteiger partial charge in [0.15, 0.2) is 0 Å². The van der Waals surface area contributed by atoms with Crippen molar-refractivity contribution in [3.05, 3.63) is 77.6 Å². The molecule has 1 atom stereocenters. The van der Waals surface area contributed by atoms with Crippen LogP contribution in [-0.4, -0.2) is 39.1 Å². The number of carboxylic acid groups (broad SMARTS) is 1. The number of rotatable bonds is 7. The molecule has 0 aliphatic carbocycles. The quantitative estimate of drug-likeness (QED) is 0.297. The Kier molecular flexibility index (Phi) is 6.32. The fourth-order valence-corrected chi connectivity index (χ4v) is 4.40. The second-order valence-corrected chi connectivity index (χ2v) is 8.10. The zero-order chi connectivity index (χ0) is 24.4. The highest BCUT2D eigenvalue weighted by molar-refractivity contribution is 6.51. The Morgan fingerprint density at radius 2 is 1.59 bits per heavy atom. The molecule has 2 aromatic carbocycles. The van der Waals surface area contributed by atoms with Gasteiger partial charge in [0.2, 0.25) is 0 Å². The third kappa shape index (κ3) is 3.98. The molecule has 8 nitrogen and oxygen atoms in total. The molecule has 0 spiro atoms. The van der Waals surface area contributed by atoms with Crippen LogP contribution in [0.15, 0.2) is 71.0 Å². The lowest BCUT2D eigenvalue weighted by atomic mass is 9.87. The van der Waals surface area contributed by atoms with Gasteiger partial charge in [-0.05, 0) is 30.2 Å². The average Bonchev–Trinajstić information content (AvgIpc) is 3.47. The van der Waals surface area contributed by atoms with Gasteiger partial charge in [-0.2, -0.15) is 0 Å². The lowest BCUT2D eigenvalue weighted by molar-refractivity contribution is -0.132. The number of hydrogen-bond acceptors (Lipinski definition) is 6. The molecule has 0 radical (unpaired) electrons. The van der Waals surface area contributed by atoms with Gasteiger partial charge < -0.3 is 14.7 Å². The Bertz CT molecular complexity index is 1240. The van der Waals surface area contributed by atoms with Crippen LogP contribution < -0.4 is 4.90 Å². The molecular weight excluding hydrogens is 436 g/mol. The first-order valence-electron chi connectivity index (χ1n) is 11.0. The van der Waals surface area contributed by atoms with E-state index < -0.39 is 23.7 Å². The van der Waals surface area contributed by atoms with E-state index in [0.717, 1.165) is 5.56 Å². The van der Waals surface area contributed by atoms with E-state index in [2.05, 4.69) is 5.16 Å². The molecule has 1 unspecified atom stereocenters. The summed E-state index contributed by atoms with van der Waals surface area (Å²) in [6.07, 6.45) is 2.84. The van der Waals surface area contributed by atoms with Crippen LogP contribution in [0.25, 0.3) is 17.0 Å². The molecule has 1 aliphatic heterocycles. The number of aliphatic hydroxyl groups excluding tert-OH is 1. The molecule has 2 heterocycles. The molecular formula is C26H24N2O6. The Hall–Kier alpha value is -4.20. The normalized spacial score (nSPS) is 17.5. The highest BCUT2D eigenvalue weighted by Crippen LogP contribution is 2.39. The van der Waals surface area contributed by atoms with Gasteiger partial charge in [0.25, 0.3) is 11.7 Å². The molecule has 1 fully saturated rings. The van der Waals surface area contributed by atoms with Gasteiger partial charge in [0, 0.05) is 22.9 Å². The van der Waals surface area contributed by atoms with Crippen molar-refractivity contribution in [1.82, 2.24) is 5.16 Å². The maximum atomic E-state index is 13.2. The van der Waals surface area contributed by atoms with Crippen LogP contribution in [0.3, 0.4) is 0 Å². The van der Waals surface area contributed by atoms with E-state index in [0.29, 0.717) is 24.2 Å². The van der Waals surface area contributed by atoms with Crippen LogP contribution in [0, 0.1) is 5.92 Å². The fourth-order valence-electron chi connectivity index (χ4n) is 4.40. The number of amides is 1. The second-order valence-electron chi connectivity index (χ2n) is 8.10. The number of ketones is 1. The van der Waals surface area contributed by atoms with Gasteiger partial charge in [-0.15, -0.1) is 0 Å². The van der Waals surface area contributed by atoms with E-state index in [1.54, 1.807) is 30.3 Å². The fraction of sp³-hybridized carbons (Fsp3) is 0.231. The molecule has 0 bridgehead atoms. The van der Waals surface area contributed by atoms with Gasteiger partial charge in [0.05, 0.1) is 17.2 Å². The number of aromatic carboxylic acids is 1. The van der Waals surface area contributed by atoms with Gasteiger partial charge in [-0.25, -0.2) is 4.79 Å². The molecule has 34 heavy (non-hydrogen) atoms. The molecule has 4 rings (SSSR count). The summed E-state index contributed by atoms with van der Waals surface area (Å²) in [7, 11) is 0. The summed E-state index contributed by atoms with van der Waals surface area (Å²) in [6.45, 7) is 3.95. The van der Waals surface area contributed by atoms with E-state index in [9.17, 15) is 19.5 Å². The van der Waals surface area contributed by atoms with Crippen molar-refractivity contribution in [1.29, 1.82) is 0 Å². The van der Waals surface area contributed by atoms with Crippen molar-refractivity contribution in [3.8, 4) is 11.3 Å². The number of benzene rings is 2. The zero-order valence-electron chi connectivity index (χ0n) is 18.8. The standard InChI is InChI=1S/C26H24N2O6/c1-3-15(4-2)22-21(23(29)17-5-7-18(8-6-17)26(32)33)24(30)25(31)28(22)19-11-9-16(10-12-19)20-13-14-34-27-20/h5-15,22,29H,3-4H2,1-2H3,(H,32,33). The number of carbonyl (C=O) groups excluding carboxylic acids is 2. The summed E-state index contributed by atoms with van der Waals surface area (Å²) in [5.41, 5.74) is 2.34. The second kappa shape index (κ2) is 9.35. The number of hydrogen-bond donors (Lipinski definition) is 2. The SMILES string of the molecule is CCC(CC)C1C(=C(O)c2ccc(C(=O)O)cc2)C(=O)C(=O)N1c1ccc(-c2ccon2)cc1. The first kappa shape index (κ1) is 23.0. The van der Waals surface area contributed by atoms with Gasteiger partial charge in [0.1, 0.15) is 17.7 Å². The number of aliphatic hydroxyl groups is 1. The molecule has 1 aromatic heterocycles. The first-order chi connectivity index (χ1) is 16.4. The minimum Gasteiger partial charge on any atom is -0.507 e. The van der Waals surface area contributed by atoms with Crippen LogP contribution in [0.2, 0.25) is 0 Å². The molecule has 1 aliphatic rings. The minimum absolute atomic E-state index is 0.0300. The van der Waals surface area contributed by atoms with Gasteiger partial charge in [-0.3, -0.25) is 14.5 Å².